The van der Waals surface area contributed by atoms with Gasteiger partial charge in [0, 0.05) is 11.8 Å². The fraction of sp³-hybridized carbons (Fsp3) is 0.0870. The average Bonchev–Trinajstić information content (AvgIpc) is 2.76. The van der Waals surface area contributed by atoms with Crippen LogP contribution in [-0.4, -0.2) is 30.0 Å². The highest BCUT2D eigenvalue weighted by Crippen LogP contribution is 2.23. The second-order valence-corrected chi connectivity index (χ2v) is 6.98. The van der Waals surface area contributed by atoms with Crippen LogP contribution in [0.3, 0.4) is 0 Å². The first-order valence-corrected chi connectivity index (χ1v) is 9.53. The number of amides is 5. The number of fused-ring (bicyclic) bond motifs is 1. The van der Waals surface area contributed by atoms with E-state index in [1.54, 1.807) is 43.3 Å². The SMILES string of the molecule is Cc1ccccc1N1C(=O)NC(=O)[C@@H](/C=N\NC(=O)c2cccc3ccccc23)C1=O. The normalized spacial score (nSPS) is 16.6. The summed E-state index contributed by atoms with van der Waals surface area (Å²) in [6.07, 6.45) is 1.03. The Labute approximate surface area is 177 Å². The molecule has 1 heterocycles. The molecule has 1 fully saturated rings. The molecule has 1 saturated heterocycles. The highest BCUT2D eigenvalue weighted by atomic mass is 16.2. The van der Waals surface area contributed by atoms with E-state index in [-0.39, 0.29) is 0 Å². The summed E-state index contributed by atoms with van der Waals surface area (Å²) in [5.74, 6) is -3.39. The van der Waals surface area contributed by atoms with Gasteiger partial charge in [0.1, 0.15) is 0 Å². The van der Waals surface area contributed by atoms with E-state index in [4.69, 9.17) is 0 Å². The number of rotatable bonds is 4. The number of urea groups is 1. The maximum Gasteiger partial charge on any atom is 0.335 e. The fourth-order valence-electron chi connectivity index (χ4n) is 3.42. The van der Waals surface area contributed by atoms with Gasteiger partial charge in [-0.25, -0.2) is 15.1 Å². The Kier molecular flexibility index (Phi) is 5.28. The van der Waals surface area contributed by atoms with Crippen LogP contribution in [0, 0.1) is 12.8 Å². The number of hydrogen-bond acceptors (Lipinski definition) is 5. The Morgan fingerprint density at radius 2 is 1.71 bits per heavy atom. The summed E-state index contributed by atoms with van der Waals surface area (Å²) in [4.78, 5) is 50.8. The Morgan fingerprint density at radius 1 is 1.00 bits per heavy atom. The third-order valence-electron chi connectivity index (χ3n) is 4.98. The number of hydrogen-bond donors (Lipinski definition) is 2. The molecule has 0 bridgehead atoms. The molecular formula is C23H18N4O4. The topological polar surface area (TPSA) is 108 Å². The molecule has 1 atom stereocenters. The molecule has 2 N–H and O–H groups in total. The zero-order valence-corrected chi connectivity index (χ0v) is 16.5. The summed E-state index contributed by atoms with van der Waals surface area (Å²) in [7, 11) is 0. The first kappa shape index (κ1) is 20.0. The summed E-state index contributed by atoms with van der Waals surface area (Å²) in [6, 6.07) is 18.7. The molecule has 3 aromatic rings. The molecule has 0 unspecified atom stereocenters. The van der Waals surface area contributed by atoms with Crippen molar-refractivity contribution in [1.82, 2.24) is 10.7 Å². The van der Waals surface area contributed by atoms with E-state index >= 15 is 0 Å². The predicted molar refractivity (Wildman–Crippen MR) is 116 cm³/mol. The molecule has 154 valence electrons. The highest BCUT2D eigenvalue weighted by molar-refractivity contribution is 6.32. The maximum atomic E-state index is 12.9. The van der Waals surface area contributed by atoms with E-state index in [0.29, 0.717) is 16.8 Å². The van der Waals surface area contributed by atoms with Gasteiger partial charge >= 0.3 is 6.03 Å². The first-order valence-electron chi connectivity index (χ1n) is 9.53. The number of anilines is 1. The number of nitrogens with one attached hydrogen (secondary N) is 2. The quantitative estimate of drug-likeness (QED) is 0.389. The van der Waals surface area contributed by atoms with Crippen molar-refractivity contribution in [3.63, 3.8) is 0 Å². The number of carbonyl (C=O) groups excluding carboxylic acids is 4. The molecule has 0 saturated carbocycles. The van der Waals surface area contributed by atoms with Crippen molar-refractivity contribution in [3.05, 3.63) is 77.9 Å². The van der Waals surface area contributed by atoms with Gasteiger partial charge in [-0.1, -0.05) is 54.6 Å². The van der Waals surface area contributed by atoms with Gasteiger partial charge in [-0.3, -0.25) is 19.7 Å². The van der Waals surface area contributed by atoms with E-state index < -0.39 is 29.7 Å². The third kappa shape index (κ3) is 3.78. The van der Waals surface area contributed by atoms with Gasteiger partial charge in [0.15, 0.2) is 5.92 Å². The van der Waals surface area contributed by atoms with Gasteiger partial charge in [0.2, 0.25) is 5.91 Å². The van der Waals surface area contributed by atoms with Crippen LogP contribution in [-0.2, 0) is 9.59 Å². The second-order valence-electron chi connectivity index (χ2n) is 6.98. The third-order valence-corrected chi connectivity index (χ3v) is 4.98. The van der Waals surface area contributed by atoms with Gasteiger partial charge in [0.25, 0.3) is 11.8 Å². The van der Waals surface area contributed by atoms with Crippen molar-refractivity contribution < 1.29 is 19.2 Å². The number of carbonyl (C=O) groups is 4. The van der Waals surface area contributed by atoms with Crippen molar-refractivity contribution in [2.45, 2.75) is 6.92 Å². The van der Waals surface area contributed by atoms with Gasteiger partial charge in [-0.15, -0.1) is 0 Å². The molecule has 0 aliphatic carbocycles. The van der Waals surface area contributed by atoms with E-state index in [1.165, 1.54) is 0 Å². The van der Waals surface area contributed by atoms with Crippen molar-refractivity contribution in [1.29, 1.82) is 0 Å². The van der Waals surface area contributed by atoms with Crippen LogP contribution in [0.1, 0.15) is 15.9 Å². The van der Waals surface area contributed by atoms with Crippen molar-refractivity contribution in [2.24, 2.45) is 11.0 Å². The lowest BCUT2D eigenvalue weighted by Gasteiger charge is -2.29. The molecule has 0 spiro atoms. The number of nitrogens with zero attached hydrogens (tertiary/aromatic N) is 2. The number of barbiturate groups is 1. The Morgan fingerprint density at radius 3 is 2.52 bits per heavy atom. The standard InChI is InChI=1S/C23H18N4O4/c1-14-7-2-5-12-19(14)27-22(30)18(20(28)25-23(27)31)13-24-26-21(29)17-11-6-9-15-8-3-4-10-16(15)17/h2-13,18H,1H3,(H,26,29)(H,25,28,31)/b24-13-/t18-/m1/s1. The van der Waals surface area contributed by atoms with Crippen LogP contribution in [0.15, 0.2) is 71.8 Å². The zero-order chi connectivity index (χ0) is 22.0. The van der Waals surface area contributed by atoms with Crippen molar-refractivity contribution in [3.8, 4) is 0 Å². The largest absolute Gasteiger partial charge is 0.335 e. The van der Waals surface area contributed by atoms with Gasteiger partial charge in [-0.05, 0) is 35.4 Å². The molecule has 3 aromatic carbocycles. The Bertz CT molecular complexity index is 1250. The van der Waals surface area contributed by atoms with Crippen LogP contribution in [0.2, 0.25) is 0 Å². The van der Waals surface area contributed by atoms with Gasteiger partial charge in [0.05, 0.1) is 5.69 Å². The number of benzene rings is 3. The maximum absolute atomic E-state index is 12.9. The minimum Gasteiger partial charge on any atom is -0.276 e. The molecule has 0 radical (unpaired) electrons. The summed E-state index contributed by atoms with van der Waals surface area (Å²) in [6.45, 7) is 1.75. The Hall–Kier alpha value is -4.33. The van der Waals surface area contributed by atoms with E-state index in [1.807, 2.05) is 30.3 Å². The molecule has 0 aromatic heterocycles. The lowest BCUT2D eigenvalue weighted by Crippen LogP contribution is -2.59. The highest BCUT2D eigenvalue weighted by Gasteiger charge is 2.41. The monoisotopic (exact) mass is 414 g/mol. The molecule has 8 heteroatoms. The van der Waals surface area contributed by atoms with Crippen LogP contribution < -0.4 is 15.6 Å². The molecule has 4 rings (SSSR count). The van der Waals surface area contributed by atoms with Crippen LogP contribution in [0.5, 0.6) is 0 Å². The second kappa shape index (κ2) is 8.19. The van der Waals surface area contributed by atoms with Crippen molar-refractivity contribution >= 4 is 46.4 Å². The summed E-state index contributed by atoms with van der Waals surface area (Å²) >= 11 is 0. The average molecular weight is 414 g/mol. The summed E-state index contributed by atoms with van der Waals surface area (Å²) in [5.41, 5.74) is 3.83. The Balaban J connectivity index is 1.54. The van der Waals surface area contributed by atoms with E-state index in [0.717, 1.165) is 21.9 Å². The molecule has 5 amide bonds. The molecule has 1 aliphatic rings. The number of hydrazone groups is 1. The summed E-state index contributed by atoms with van der Waals surface area (Å²) < 4.78 is 0. The van der Waals surface area contributed by atoms with E-state index in [2.05, 4.69) is 15.8 Å². The fourth-order valence-corrected chi connectivity index (χ4v) is 3.42. The predicted octanol–water partition coefficient (Wildman–Crippen LogP) is 2.76. The number of para-hydroxylation sites is 1. The zero-order valence-electron chi connectivity index (χ0n) is 16.5. The molecular weight excluding hydrogens is 396 g/mol. The molecule has 31 heavy (non-hydrogen) atoms. The van der Waals surface area contributed by atoms with Crippen molar-refractivity contribution in [2.75, 3.05) is 4.90 Å². The smallest absolute Gasteiger partial charge is 0.276 e. The van der Waals surface area contributed by atoms with Crippen LogP contribution in [0.4, 0.5) is 10.5 Å². The molecule has 8 nitrogen and oxygen atoms in total. The van der Waals surface area contributed by atoms with Crippen LogP contribution >= 0.6 is 0 Å². The van der Waals surface area contributed by atoms with Crippen LogP contribution in [0.25, 0.3) is 10.8 Å². The lowest BCUT2D eigenvalue weighted by molar-refractivity contribution is -0.131. The minimum absolute atomic E-state index is 0.371. The number of aryl methyl sites for hydroxylation is 1. The van der Waals surface area contributed by atoms with Gasteiger partial charge < -0.3 is 0 Å². The minimum atomic E-state index is -1.36. The summed E-state index contributed by atoms with van der Waals surface area (Å²) in [5, 5.41) is 7.61. The van der Waals surface area contributed by atoms with E-state index in [9.17, 15) is 19.2 Å². The molecule has 1 aliphatic heterocycles. The number of imide groups is 2. The lowest BCUT2D eigenvalue weighted by atomic mass is 10.0. The first-order chi connectivity index (χ1) is 15.0. The van der Waals surface area contributed by atoms with Gasteiger partial charge in [-0.2, -0.15) is 5.10 Å².